The highest BCUT2D eigenvalue weighted by atomic mass is 16.1. The lowest BCUT2D eigenvalue weighted by atomic mass is 10.1. The molecule has 2 atom stereocenters. The summed E-state index contributed by atoms with van der Waals surface area (Å²) in [5.74, 6) is 0.669. The normalized spacial score (nSPS) is 22.6. The lowest BCUT2D eigenvalue weighted by molar-refractivity contribution is 0.0939. The third-order valence-corrected chi connectivity index (χ3v) is 3.77. The first kappa shape index (κ1) is 12.1. The number of carbonyl (C=O) groups is 1. The van der Waals surface area contributed by atoms with Crippen LogP contribution >= 0.6 is 0 Å². The lowest BCUT2D eigenvalue weighted by Crippen LogP contribution is -2.33. The number of nitrogens with one attached hydrogen (secondary N) is 1. The molecule has 4 nitrogen and oxygen atoms in total. The van der Waals surface area contributed by atoms with E-state index in [-0.39, 0.29) is 5.91 Å². The first-order valence-corrected chi connectivity index (χ1v) is 6.74. The molecule has 0 aliphatic heterocycles. The minimum absolute atomic E-state index is 0.0369. The quantitative estimate of drug-likeness (QED) is 0.897. The average molecular weight is 255 g/mol. The van der Waals surface area contributed by atoms with Crippen molar-refractivity contribution in [1.82, 2.24) is 15.3 Å². The Kier molecular flexibility index (Phi) is 3.15. The van der Waals surface area contributed by atoms with Crippen LogP contribution in [0.3, 0.4) is 0 Å². The fourth-order valence-electron chi connectivity index (χ4n) is 2.78. The Morgan fingerprint density at radius 2 is 2.11 bits per heavy atom. The molecule has 1 aromatic heterocycles. The molecule has 98 valence electrons. The van der Waals surface area contributed by atoms with E-state index >= 15 is 0 Å². The standard InChI is InChI=1S/C15H17N3O/c1-10-5-6-11(9-10)18-15(19)12-3-2-4-13-14(12)17-8-7-16-13/h2-4,7-8,10-11H,5-6,9H2,1H3,(H,18,19). The molecule has 1 N–H and O–H groups in total. The molecular formula is C15H17N3O. The first-order valence-electron chi connectivity index (χ1n) is 6.74. The van der Waals surface area contributed by atoms with E-state index in [1.165, 1.54) is 6.42 Å². The minimum Gasteiger partial charge on any atom is -0.349 e. The van der Waals surface area contributed by atoms with Crippen LogP contribution in [0.15, 0.2) is 30.6 Å². The van der Waals surface area contributed by atoms with Gasteiger partial charge in [0.1, 0.15) is 5.52 Å². The van der Waals surface area contributed by atoms with E-state index in [2.05, 4.69) is 22.2 Å². The maximum absolute atomic E-state index is 12.3. The van der Waals surface area contributed by atoms with Crippen molar-refractivity contribution < 1.29 is 4.79 Å². The highest BCUT2D eigenvalue weighted by Gasteiger charge is 2.23. The Morgan fingerprint density at radius 3 is 2.89 bits per heavy atom. The number of fused-ring (bicyclic) bond motifs is 1. The summed E-state index contributed by atoms with van der Waals surface area (Å²) in [7, 11) is 0. The highest BCUT2D eigenvalue weighted by Crippen LogP contribution is 2.25. The van der Waals surface area contributed by atoms with Crippen molar-refractivity contribution in [3.8, 4) is 0 Å². The zero-order chi connectivity index (χ0) is 13.2. The average Bonchev–Trinajstić information content (AvgIpc) is 2.83. The molecule has 1 amide bonds. The predicted octanol–water partition coefficient (Wildman–Crippen LogP) is 2.55. The Bertz CT molecular complexity index is 606. The van der Waals surface area contributed by atoms with Crippen molar-refractivity contribution in [1.29, 1.82) is 0 Å². The van der Waals surface area contributed by atoms with Crippen molar-refractivity contribution in [3.63, 3.8) is 0 Å². The Hall–Kier alpha value is -1.97. The number of para-hydroxylation sites is 1. The van der Waals surface area contributed by atoms with Gasteiger partial charge in [0.2, 0.25) is 0 Å². The summed E-state index contributed by atoms with van der Waals surface area (Å²) in [5, 5.41) is 3.11. The molecular weight excluding hydrogens is 238 g/mol. The second-order valence-corrected chi connectivity index (χ2v) is 5.32. The van der Waals surface area contributed by atoms with Gasteiger partial charge in [-0.2, -0.15) is 0 Å². The van der Waals surface area contributed by atoms with Crippen molar-refractivity contribution in [3.05, 3.63) is 36.2 Å². The fraction of sp³-hybridized carbons (Fsp3) is 0.400. The SMILES string of the molecule is CC1CCC(NC(=O)c2cccc3nccnc23)C1. The number of nitrogens with zero attached hydrogens (tertiary/aromatic N) is 2. The number of amides is 1. The number of hydrogen-bond acceptors (Lipinski definition) is 3. The Morgan fingerprint density at radius 1 is 1.26 bits per heavy atom. The monoisotopic (exact) mass is 255 g/mol. The molecule has 0 radical (unpaired) electrons. The van der Waals surface area contributed by atoms with E-state index in [0.717, 1.165) is 18.4 Å². The molecule has 1 aromatic carbocycles. The molecule has 19 heavy (non-hydrogen) atoms. The number of rotatable bonds is 2. The summed E-state index contributed by atoms with van der Waals surface area (Å²) < 4.78 is 0. The molecule has 1 heterocycles. The molecule has 4 heteroatoms. The van der Waals surface area contributed by atoms with Crippen LogP contribution in [0.5, 0.6) is 0 Å². The van der Waals surface area contributed by atoms with E-state index in [1.807, 2.05) is 18.2 Å². The van der Waals surface area contributed by atoms with E-state index in [0.29, 0.717) is 23.0 Å². The van der Waals surface area contributed by atoms with Crippen molar-refractivity contribution in [2.45, 2.75) is 32.2 Å². The van der Waals surface area contributed by atoms with Crippen LogP contribution in [-0.2, 0) is 0 Å². The number of hydrogen-bond donors (Lipinski definition) is 1. The van der Waals surface area contributed by atoms with Crippen LogP contribution in [0.4, 0.5) is 0 Å². The maximum atomic E-state index is 12.3. The summed E-state index contributed by atoms with van der Waals surface area (Å²) in [4.78, 5) is 20.8. The van der Waals surface area contributed by atoms with Gasteiger partial charge in [0.05, 0.1) is 11.1 Å². The second kappa shape index (κ2) is 4.96. The van der Waals surface area contributed by atoms with E-state index in [9.17, 15) is 4.79 Å². The van der Waals surface area contributed by atoms with Gasteiger partial charge in [-0.3, -0.25) is 14.8 Å². The number of benzene rings is 1. The molecule has 1 aliphatic carbocycles. The van der Waals surface area contributed by atoms with Gasteiger partial charge in [-0.05, 0) is 37.3 Å². The van der Waals surface area contributed by atoms with Crippen LogP contribution in [0.1, 0.15) is 36.5 Å². The van der Waals surface area contributed by atoms with Crippen molar-refractivity contribution >= 4 is 16.9 Å². The molecule has 2 unspecified atom stereocenters. The van der Waals surface area contributed by atoms with Crippen LogP contribution in [0.25, 0.3) is 11.0 Å². The van der Waals surface area contributed by atoms with Gasteiger partial charge in [-0.15, -0.1) is 0 Å². The maximum Gasteiger partial charge on any atom is 0.253 e. The number of aromatic nitrogens is 2. The molecule has 3 rings (SSSR count). The van der Waals surface area contributed by atoms with Gasteiger partial charge in [0, 0.05) is 18.4 Å². The fourth-order valence-corrected chi connectivity index (χ4v) is 2.78. The van der Waals surface area contributed by atoms with Gasteiger partial charge in [-0.1, -0.05) is 13.0 Å². The summed E-state index contributed by atoms with van der Waals surface area (Å²) >= 11 is 0. The summed E-state index contributed by atoms with van der Waals surface area (Å²) in [6.07, 6.45) is 6.60. The van der Waals surface area contributed by atoms with Gasteiger partial charge in [-0.25, -0.2) is 0 Å². The third kappa shape index (κ3) is 2.43. The smallest absolute Gasteiger partial charge is 0.253 e. The highest BCUT2D eigenvalue weighted by molar-refractivity contribution is 6.04. The van der Waals surface area contributed by atoms with Gasteiger partial charge in [0.15, 0.2) is 0 Å². The Balaban J connectivity index is 1.85. The molecule has 1 fully saturated rings. The molecule has 0 bridgehead atoms. The molecule has 1 aliphatic rings. The van der Waals surface area contributed by atoms with Crippen molar-refractivity contribution in [2.24, 2.45) is 5.92 Å². The summed E-state index contributed by atoms with van der Waals surface area (Å²) in [6, 6.07) is 5.83. The van der Waals surface area contributed by atoms with Crippen molar-refractivity contribution in [2.75, 3.05) is 0 Å². The van der Waals surface area contributed by atoms with Gasteiger partial charge < -0.3 is 5.32 Å². The topological polar surface area (TPSA) is 54.9 Å². The van der Waals surface area contributed by atoms with E-state index in [1.54, 1.807) is 12.4 Å². The van der Waals surface area contributed by atoms with E-state index < -0.39 is 0 Å². The first-order chi connectivity index (χ1) is 9.24. The molecule has 0 saturated heterocycles. The van der Waals surface area contributed by atoms with Crippen LogP contribution in [0, 0.1) is 5.92 Å². The zero-order valence-electron chi connectivity index (χ0n) is 11.0. The second-order valence-electron chi connectivity index (χ2n) is 5.32. The lowest BCUT2D eigenvalue weighted by Gasteiger charge is -2.13. The largest absolute Gasteiger partial charge is 0.349 e. The van der Waals surface area contributed by atoms with Crippen LogP contribution in [-0.4, -0.2) is 21.9 Å². The van der Waals surface area contributed by atoms with Crippen LogP contribution in [0.2, 0.25) is 0 Å². The molecule has 0 spiro atoms. The predicted molar refractivity (Wildman–Crippen MR) is 73.8 cm³/mol. The van der Waals surface area contributed by atoms with E-state index in [4.69, 9.17) is 0 Å². The van der Waals surface area contributed by atoms with Gasteiger partial charge in [0.25, 0.3) is 5.91 Å². The number of carbonyl (C=O) groups excluding carboxylic acids is 1. The van der Waals surface area contributed by atoms with Gasteiger partial charge >= 0.3 is 0 Å². The summed E-state index contributed by atoms with van der Waals surface area (Å²) in [5.41, 5.74) is 2.05. The molecule has 2 aromatic rings. The molecule has 1 saturated carbocycles. The Labute approximate surface area is 112 Å². The van der Waals surface area contributed by atoms with Crippen LogP contribution < -0.4 is 5.32 Å². The zero-order valence-corrected chi connectivity index (χ0v) is 11.0. The minimum atomic E-state index is -0.0369. The summed E-state index contributed by atoms with van der Waals surface area (Å²) in [6.45, 7) is 2.23. The third-order valence-electron chi connectivity index (χ3n) is 3.77.